The highest BCUT2D eigenvalue weighted by Gasteiger charge is 2.37. The lowest BCUT2D eigenvalue weighted by Gasteiger charge is -2.40. The standard InChI is InChI=1S/C13H22N2OS/c17-13(14-10-4-1-2-5-10)15-8-9-16-12-7-3-6-11(12)15/h10-12H,1-9H2,(H,14,17). The van der Waals surface area contributed by atoms with Gasteiger partial charge in [0.25, 0.3) is 0 Å². The second kappa shape index (κ2) is 5.11. The maximum Gasteiger partial charge on any atom is 0.169 e. The first kappa shape index (κ1) is 11.7. The molecule has 3 nitrogen and oxygen atoms in total. The van der Waals surface area contributed by atoms with Crippen molar-refractivity contribution in [1.82, 2.24) is 10.2 Å². The Bertz CT molecular complexity index is 291. The van der Waals surface area contributed by atoms with Crippen molar-refractivity contribution in [3.8, 4) is 0 Å². The third-order valence-electron chi connectivity index (χ3n) is 4.43. The molecule has 4 heteroatoms. The second-order valence-corrected chi connectivity index (χ2v) is 5.92. The summed E-state index contributed by atoms with van der Waals surface area (Å²) in [6.07, 6.45) is 9.48. The van der Waals surface area contributed by atoms with E-state index in [1.165, 1.54) is 44.9 Å². The fraction of sp³-hybridized carbons (Fsp3) is 0.923. The molecule has 1 heterocycles. The van der Waals surface area contributed by atoms with Gasteiger partial charge in [-0.25, -0.2) is 0 Å². The van der Waals surface area contributed by atoms with Gasteiger partial charge in [0.05, 0.1) is 18.8 Å². The number of hydrogen-bond donors (Lipinski definition) is 1. The van der Waals surface area contributed by atoms with Gasteiger partial charge < -0.3 is 15.0 Å². The van der Waals surface area contributed by atoms with Crippen molar-refractivity contribution in [3.63, 3.8) is 0 Å². The first-order valence-corrected chi connectivity index (χ1v) is 7.44. The number of rotatable bonds is 1. The molecule has 0 spiro atoms. The fourth-order valence-electron chi connectivity index (χ4n) is 3.51. The van der Waals surface area contributed by atoms with Gasteiger partial charge in [-0.2, -0.15) is 0 Å². The van der Waals surface area contributed by atoms with E-state index < -0.39 is 0 Å². The van der Waals surface area contributed by atoms with E-state index in [2.05, 4.69) is 10.2 Å². The number of hydrogen-bond acceptors (Lipinski definition) is 2. The number of nitrogens with one attached hydrogen (secondary N) is 1. The highest BCUT2D eigenvalue weighted by Crippen LogP contribution is 2.30. The van der Waals surface area contributed by atoms with Gasteiger partial charge in [-0.1, -0.05) is 12.8 Å². The van der Waals surface area contributed by atoms with Gasteiger partial charge >= 0.3 is 0 Å². The average molecular weight is 254 g/mol. The van der Waals surface area contributed by atoms with Crippen LogP contribution < -0.4 is 5.32 Å². The maximum atomic E-state index is 5.82. The van der Waals surface area contributed by atoms with Crippen LogP contribution in [0.25, 0.3) is 0 Å². The molecule has 3 rings (SSSR count). The van der Waals surface area contributed by atoms with Crippen LogP contribution in [0.4, 0.5) is 0 Å². The third-order valence-corrected chi connectivity index (χ3v) is 4.78. The zero-order valence-electron chi connectivity index (χ0n) is 10.4. The Labute approximate surface area is 109 Å². The Morgan fingerprint density at radius 3 is 2.76 bits per heavy atom. The molecule has 3 fully saturated rings. The largest absolute Gasteiger partial charge is 0.374 e. The van der Waals surface area contributed by atoms with Crippen molar-refractivity contribution in [2.75, 3.05) is 13.2 Å². The Balaban J connectivity index is 1.59. The first-order chi connectivity index (χ1) is 8.34. The van der Waals surface area contributed by atoms with Crippen LogP contribution in [0.1, 0.15) is 44.9 Å². The summed E-state index contributed by atoms with van der Waals surface area (Å²) in [4.78, 5) is 2.40. The molecule has 2 unspecified atom stereocenters. The van der Waals surface area contributed by atoms with Crippen molar-refractivity contribution in [3.05, 3.63) is 0 Å². The van der Waals surface area contributed by atoms with E-state index in [4.69, 9.17) is 17.0 Å². The molecule has 1 N–H and O–H groups in total. The van der Waals surface area contributed by atoms with Crippen LogP contribution in [0.2, 0.25) is 0 Å². The normalized spacial score (nSPS) is 33.8. The molecule has 3 aliphatic rings. The molecule has 0 radical (unpaired) electrons. The summed E-state index contributed by atoms with van der Waals surface area (Å²) in [5.41, 5.74) is 0. The van der Waals surface area contributed by atoms with Crippen LogP contribution >= 0.6 is 12.2 Å². The number of thiocarbonyl (C=S) groups is 1. The molecule has 2 atom stereocenters. The van der Waals surface area contributed by atoms with E-state index in [1.807, 2.05) is 0 Å². The summed E-state index contributed by atoms with van der Waals surface area (Å²) in [5.74, 6) is 0. The van der Waals surface area contributed by atoms with Gasteiger partial charge in [0.1, 0.15) is 0 Å². The van der Waals surface area contributed by atoms with Crippen LogP contribution in [0.5, 0.6) is 0 Å². The van der Waals surface area contributed by atoms with Gasteiger partial charge in [0, 0.05) is 12.6 Å². The smallest absolute Gasteiger partial charge is 0.169 e. The van der Waals surface area contributed by atoms with Gasteiger partial charge in [0.15, 0.2) is 5.11 Å². The summed E-state index contributed by atoms with van der Waals surface area (Å²) in [5, 5.41) is 4.55. The van der Waals surface area contributed by atoms with Gasteiger partial charge in [-0.3, -0.25) is 0 Å². The summed E-state index contributed by atoms with van der Waals surface area (Å²) >= 11 is 5.59. The van der Waals surface area contributed by atoms with E-state index in [0.29, 0.717) is 18.2 Å². The minimum atomic E-state index is 0.437. The topological polar surface area (TPSA) is 24.5 Å². The summed E-state index contributed by atoms with van der Waals surface area (Å²) in [6, 6.07) is 1.18. The van der Waals surface area contributed by atoms with Gasteiger partial charge in [0.2, 0.25) is 0 Å². The summed E-state index contributed by atoms with van der Waals surface area (Å²) in [6.45, 7) is 1.81. The van der Waals surface area contributed by atoms with Gasteiger partial charge in [-0.15, -0.1) is 0 Å². The molecule has 0 aromatic rings. The number of ether oxygens (including phenoxy) is 1. The zero-order chi connectivity index (χ0) is 11.7. The Morgan fingerprint density at radius 1 is 1.12 bits per heavy atom. The highest BCUT2D eigenvalue weighted by atomic mass is 32.1. The lowest BCUT2D eigenvalue weighted by Crippen LogP contribution is -2.55. The third kappa shape index (κ3) is 2.43. The van der Waals surface area contributed by atoms with E-state index in [-0.39, 0.29) is 0 Å². The lowest BCUT2D eigenvalue weighted by molar-refractivity contribution is -0.0297. The molecular weight excluding hydrogens is 232 g/mol. The summed E-state index contributed by atoms with van der Waals surface area (Å²) < 4.78 is 5.82. The molecular formula is C13H22N2OS. The van der Waals surface area contributed by atoms with Crippen molar-refractivity contribution in [1.29, 1.82) is 0 Å². The van der Waals surface area contributed by atoms with E-state index in [0.717, 1.165) is 18.3 Å². The zero-order valence-corrected chi connectivity index (χ0v) is 11.2. The molecule has 2 saturated carbocycles. The summed E-state index contributed by atoms with van der Waals surface area (Å²) in [7, 11) is 0. The predicted octanol–water partition coefficient (Wildman–Crippen LogP) is 2.06. The quantitative estimate of drug-likeness (QED) is 0.724. The molecule has 0 aromatic heterocycles. The van der Waals surface area contributed by atoms with Crippen LogP contribution in [-0.4, -0.2) is 41.4 Å². The van der Waals surface area contributed by atoms with E-state index in [9.17, 15) is 0 Å². The molecule has 2 aliphatic carbocycles. The number of morpholine rings is 1. The second-order valence-electron chi connectivity index (χ2n) is 5.53. The number of fused-ring (bicyclic) bond motifs is 1. The van der Waals surface area contributed by atoms with Crippen LogP contribution in [0.15, 0.2) is 0 Å². The van der Waals surface area contributed by atoms with Gasteiger partial charge in [-0.05, 0) is 44.3 Å². The van der Waals surface area contributed by atoms with Crippen molar-refractivity contribution in [2.45, 2.75) is 63.1 Å². The molecule has 96 valence electrons. The minimum Gasteiger partial charge on any atom is -0.374 e. The SMILES string of the molecule is S=C(NC1CCCC1)N1CCOC2CCCC21. The Hall–Kier alpha value is -0.350. The number of nitrogens with zero attached hydrogens (tertiary/aromatic N) is 1. The molecule has 1 aliphatic heterocycles. The lowest BCUT2D eigenvalue weighted by atomic mass is 10.1. The molecule has 0 amide bonds. The first-order valence-electron chi connectivity index (χ1n) is 7.03. The van der Waals surface area contributed by atoms with Crippen LogP contribution in [0.3, 0.4) is 0 Å². The molecule has 1 saturated heterocycles. The maximum absolute atomic E-state index is 5.82. The molecule has 0 bridgehead atoms. The van der Waals surface area contributed by atoms with E-state index >= 15 is 0 Å². The van der Waals surface area contributed by atoms with Crippen molar-refractivity contribution >= 4 is 17.3 Å². The van der Waals surface area contributed by atoms with E-state index in [1.54, 1.807) is 0 Å². The minimum absolute atomic E-state index is 0.437. The molecule has 0 aromatic carbocycles. The van der Waals surface area contributed by atoms with Crippen molar-refractivity contribution in [2.24, 2.45) is 0 Å². The Morgan fingerprint density at radius 2 is 1.94 bits per heavy atom. The van der Waals surface area contributed by atoms with Crippen LogP contribution in [0, 0.1) is 0 Å². The fourth-order valence-corrected chi connectivity index (χ4v) is 3.90. The highest BCUT2D eigenvalue weighted by molar-refractivity contribution is 7.80. The van der Waals surface area contributed by atoms with Crippen LogP contribution in [-0.2, 0) is 4.74 Å². The molecule has 17 heavy (non-hydrogen) atoms. The monoisotopic (exact) mass is 254 g/mol. The average Bonchev–Trinajstić information content (AvgIpc) is 2.97. The van der Waals surface area contributed by atoms with Crippen molar-refractivity contribution < 1.29 is 4.74 Å². The Kier molecular flexibility index (Phi) is 3.52. The predicted molar refractivity (Wildman–Crippen MR) is 72.1 cm³/mol.